The van der Waals surface area contributed by atoms with Crippen molar-refractivity contribution >= 4 is 14.6 Å². The van der Waals surface area contributed by atoms with Crippen molar-refractivity contribution in [2.24, 2.45) is 23.3 Å². The first-order valence-electron chi connectivity index (χ1n) is 5.10. The fourth-order valence-corrected chi connectivity index (χ4v) is 1.39. The largest absolute Gasteiger partial charge is 0.370 e. The Balaban J connectivity index is 0. The van der Waals surface area contributed by atoms with Crippen LogP contribution in [0.1, 0.15) is 27.7 Å². The highest BCUT2D eigenvalue weighted by molar-refractivity contribution is 7.40. The maximum Gasteiger partial charge on any atom is 0.329 e. The van der Waals surface area contributed by atoms with Crippen molar-refractivity contribution in [3.8, 4) is 0 Å². The van der Waals surface area contributed by atoms with E-state index in [1.54, 1.807) is 0 Å². The van der Waals surface area contributed by atoms with E-state index in [0.29, 0.717) is 25.0 Å². The van der Waals surface area contributed by atoms with E-state index in [4.69, 9.17) is 19.4 Å². The van der Waals surface area contributed by atoms with Crippen LogP contribution in [-0.2, 0) is 9.05 Å². The van der Waals surface area contributed by atoms with Crippen molar-refractivity contribution in [1.82, 2.24) is 0 Å². The molecule has 0 atom stereocenters. The summed E-state index contributed by atoms with van der Waals surface area (Å²) in [6.07, 6.45) is 0. The number of nitrogens with two attached hydrogens (primary N) is 2. The number of rotatable bonds is 6. The van der Waals surface area contributed by atoms with Gasteiger partial charge in [0, 0.05) is 0 Å². The summed E-state index contributed by atoms with van der Waals surface area (Å²) >= 11 is 0. The van der Waals surface area contributed by atoms with Crippen molar-refractivity contribution in [2.75, 3.05) is 13.2 Å². The minimum absolute atomic E-state index is 0.333. The molecular weight excluding hydrogens is 229 g/mol. The van der Waals surface area contributed by atoms with E-state index < -0.39 is 8.60 Å². The summed E-state index contributed by atoms with van der Waals surface area (Å²) in [4.78, 5) is 9.17. The van der Waals surface area contributed by atoms with Crippen LogP contribution in [0.2, 0.25) is 0 Å². The summed E-state index contributed by atoms with van der Waals surface area (Å²) in [7, 11) is -1.65. The molecule has 98 valence electrons. The van der Waals surface area contributed by atoms with Crippen molar-refractivity contribution in [2.45, 2.75) is 27.7 Å². The van der Waals surface area contributed by atoms with Gasteiger partial charge in [-0.3, -0.25) is 5.41 Å². The zero-order chi connectivity index (χ0) is 13.1. The Bertz CT molecular complexity index is 163. The molecule has 0 aliphatic heterocycles. The predicted molar refractivity (Wildman–Crippen MR) is 66.8 cm³/mol. The SMILES string of the molecule is CC(C)COP(O)OCC(C)C.N=C(N)N. The fourth-order valence-electron chi connectivity index (χ4n) is 0.463. The Morgan fingerprint density at radius 3 is 1.56 bits per heavy atom. The number of hydrogen-bond donors (Lipinski definition) is 4. The summed E-state index contributed by atoms with van der Waals surface area (Å²) < 4.78 is 10.1. The van der Waals surface area contributed by atoms with Gasteiger partial charge in [0.15, 0.2) is 5.96 Å². The van der Waals surface area contributed by atoms with Gasteiger partial charge in [0.1, 0.15) is 0 Å². The van der Waals surface area contributed by atoms with Gasteiger partial charge in [0.25, 0.3) is 0 Å². The maximum atomic E-state index is 9.17. The van der Waals surface area contributed by atoms with Crippen LogP contribution >= 0.6 is 8.60 Å². The number of hydrogen-bond acceptors (Lipinski definition) is 4. The van der Waals surface area contributed by atoms with Gasteiger partial charge in [-0.2, -0.15) is 0 Å². The maximum absolute atomic E-state index is 9.17. The van der Waals surface area contributed by atoms with Crippen molar-refractivity contribution in [3.63, 3.8) is 0 Å². The van der Waals surface area contributed by atoms with E-state index in [9.17, 15) is 0 Å². The second-order valence-corrected chi connectivity index (χ2v) is 5.06. The summed E-state index contributed by atoms with van der Waals surface area (Å²) in [5, 5.41) is 6.06. The Kier molecular flexibility index (Phi) is 12.4. The Morgan fingerprint density at radius 1 is 1.12 bits per heavy atom. The molecule has 6 N–H and O–H groups in total. The smallest absolute Gasteiger partial charge is 0.329 e. The average Bonchev–Trinajstić information content (AvgIpc) is 2.10. The molecule has 0 rings (SSSR count). The topological polar surface area (TPSA) is 115 Å². The first-order valence-corrected chi connectivity index (χ1v) is 6.23. The molecule has 0 saturated carbocycles. The minimum atomic E-state index is -1.65. The molecule has 0 aliphatic rings. The first-order chi connectivity index (χ1) is 7.25. The zero-order valence-corrected chi connectivity index (χ0v) is 11.3. The highest BCUT2D eigenvalue weighted by atomic mass is 31.2. The van der Waals surface area contributed by atoms with Crippen LogP contribution in [-0.4, -0.2) is 24.1 Å². The van der Waals surface area contributed by atoms with E-state index in [-0.39, 0.29) is 5.96 Å². The van der Waals surface area contributed by atoms with Gasteiger partial charge < -0.3 is 25.4 Å². The molecule has 0 aromatic rings. The number of nitrogens with one attached hydrogen (secondary N) is 1. The second-order valence-electron chi connectivity index (χ2n) is 4.07. The van der Waals surface area contributed by atoms with Gasteiger partial charge >= 0.3 is 8.60 Å². The molecule has 6 nitrogen and oxygen atoms in total. The van der Waals surface area contributed by atoms with Gasteiger partial charge in [0.2, 0.25) is 0 Å². The Morgan fingerprint density at radius 2 is 1.38 bits per heavy atom. The van der Waals surface area contributed by atoms with Crippen LogP contribution in [0, 0.1) is 17.2 Å². The quantitative estimate of drug-likeness (QED) is 0.324. The molecule has 16 heavy (non-hydrogen) atoms. The molecule has 0 saturated heterocycles. The summed E-state index contributed by atoms with van der Waals surface area (Å²) in [5.74, 6) is 0.537. The van der Waals surface area contributed by atoms with Crippen LogP contribution in [0.4, 0.5) is 0 Å². The van der Waals surface area contributed by atoms with E-state index in [2.05, 4.69) is 11.5 Å². The first kappa shape index (κ1) is 18.0. The van der Waals surface area contributed by atoms with Gasteiger partial charge in [-0.1, -0.05) is 27.7 Å². The van der Waals surface area contributed by atoms with E-state index in [1.165, 1.54) is 0 Å². The van der Waals surface area contributed by atoms with Crippen molar-refractivity contribution < 1.29 is 13.9 Å². The molecular formula is C9H24N3O3P. The Labute approximate surface area is 98.8 Å². The normalized spacial score (nSPS) is 10.5. The van der Waals surface area contributed by atoms with Gasteiger partial charge in [-0.25, -0.2) is 0 Å². The van der Waals surface area contributed by atoms with E-state index in [1.807, 2.05) is 27.7 Å². The monoisotopic (exact) mass is 253 g/mol. The lowest BCUT2D eigenvalue weighted by Crippen LogP contribution is -2.20. The molecule has 0 spiro atoms. The summed E-state index contributed by atoms with van der Waals surface area (Å²) in [6, 6.07) is 0. The highest BCUT2D eigenvalue weighted by Gasteiger charge is 2.08. The predicted octanol–water partition coefficient (Wildman–Crippen LogP) is 1.39. The van der Waals surface area contributed by atoms with E-state index in [0.717, 1.165) is 0 Å². The minimum Gasteiger partial charge on any atom is -0.370 e. The van der Waals surface area contributed by atoms with Gasteiger partial charge in [0.05, 0.1) is 13.2 Å². The average molecular weight is 253 g/mol. The van der Waals surface area contributed by atoms with Crippen LogP contribution in [0.15, 0.2) is 0 Å². The Hall–Kier alpha value is -0.420. The molecule has 0 amide bonds. The van der Waals surface area contributed by atoms with Crippen LogP contribution in [0.3, 0.4) is 0 Å². The zero-order valence-electron chi connectivity index (χ0n) is 10.4. The molecule has 0 bridgehead atoms. The standard InChI is InChI=1S/C8H19O3P.CH5N3/c1-7(2)5-10-12(9)11-6-8(3)4;2-1(3)4/h7-9H,5-6H2,1-4H3;(H5,2,3,4). The molecule has 0 heterocycles. The lowest BCUT2D eigenvalue weighted by molar-refractivity contribution is 0.170. The third-order valence-corrected chi connectivity index (χ3v) is 1.78. The highest BCUT2D eigenvalue weighted by Crippen LogP contribution is 2.33. The molecule has 0 aromatic carbocycles. The summed E-state index contributed by atoms with van der Waals surface area (Å²) in [6.45, 7) is 9.25. The molecule has 0 aliphatic carbocycles. The van der Waals surface area contributed by atoms with Crippen LogP contribution in [0.25, 0.3) is 0 Å². The number of guanidine groups is 1. The van der Waals surface area contributed by atoms with E-state index >= 15 is 0 Å². The lowest BCUT2D eigenvalue weighted by atomic mass is 10.2. The third kappa shape index (κ3) is 23.4. The third-order valence-electron chi connectivity index (χ3n) is 1.04. The molecule has 0 aromatic heterocycles. The van der Waals surface area contributed by atoms with Gasteiger partial charge in [-0.05, 0) is 11.8 Å². The lowest BCUT2D eigenvalue weighted by Gasteiger charge is -2.13. The van der Waals surface area contributed by atoms with Crippen LogP contribution < -0.4 is 11.5 Å². The molecule has 0 fully saturated rings. The van der Waals surface area contributed by atoms with Crippen molar-refractivity contribution in [1.29, 1.82) is 5.41 Å². The second kappa shape index (κ2) is 11.1. The molecule has 7 heteroatoms. The summed E-state index contributed by atoms with van der Waals surface area (Å²) in [5.41, 5.74) is 8.94. The van der Waals surface area contributed by atoms with Crippen LogP contribution in [0.5, 0.6) is 0 Å². The van der Waals surface area contributed by atoms with Crippen molar-refractivity contribution in [3.05, 3.63) is 0 Å². The fraction of sp³-hybridized carbons (Fsp3) is 0.889. The molecule has 0 radical (unpaired) electrons. The van der Waals surface area contributed by atoms with Gasteiger partial charge in [-0.15, -0.1) is 0 Å². The molecule has 0 unspecified atom stereocenters.